The number of rotatable bonds is 5. The van der Waals surface area contributed by atoms with Crippen molar-refractivity contribution in [3.8, 4) is 0 Å². The summed E-state index contributed by atoms with van der Waals surface area (Å²) < 4.78 is 1.99. The summed E-state index contributed by atoms with van der Waals surface area (Å²) in [5.41, 5.74) is 3.19. The summed E-state index contributed by atoms with van der Waals surface area (Å²) in [6, 6.07) is 36.9. The molecule has 3 aromatic carbocycles. The van der Waals surface area contributed by atoms with Crippen molar-refractivity contribution in [3.63, 3.8) is 0 Å². The van der Waals surface area contributed by atoms with Crippen molar-refractivity contribution in [2.24, 2.45) is 0 Å². The molecule has 0 amide bonds. The molecule has 0 unspecified atom stereocenters. The predicted molar refractivity (Wildman–Crippen MR) is 131 cm³/mol. The van der Waals surface area contributed by atoms with Crippen LogP contribution in [0.1, 0.15) is 17.1 Å². The van der Waals surface area contributed by atoms with Crippen LogP contribution in [0, 0.1) is 13.8 Å². The van der Waals surface area contributed by atoms with Gasteiger partial charge in [-0.15, -0.1) is 5.10 Å². The minimum atomic E-state index is -2.00. The molecule has 152 valence electrons. The number of nitrogens with zero attached hydrogens (tertiary/aromatic N) is 3. The average Bonchev–Trinajstić information content (AvgIpc) is 3.27. The maximum Gasteiger partial charge on any atom is 0.190 e. The molecule has 0 bridgehead atoms. The predicted octanol–water partition coefficient (Wildman–Crippen LogP) is 4.84. The third-order valence-corrected chi connectivity index (χ3v) is 10.2. The van der Waals surface area contributed by atoms with Crippen LogP contribution in [0.3, 0.4) is 0 Å². The molecular formula is C27H25N3P+. The molecule has 31 heavy (non-hydrogen) atoms. The van der Waals surface area contributed by atoms with Crippen LogP contribution < -0.4 is 15.9 Å². The van der Waals surface area contributed by atoms with Gasteiger partial charge in [-0.25, -0.2) is 9.50 Å². The Kier molecular flexibility index (Phi) is 5.13. The molecule has 2 aromatic heterocycles. The first kappa shape index (κ1) is 19.7. The zero-order valence-electron chi connectivity index (χ0n) is 17.8. The Labute approximate surface area is 183 Å². The van der Waals surface area contributed by atoms with Gasteiger partial charge in [0.2, 0.25) is 0 Å². The number of hydrogen-bond acceptors (Lipinski definition) is 2. The number of aryl methyl sites for hydroxylation is 2. The standard InChI is InChI=1S/C27H25N3P/c1-21-18-19-22(2)30-27(21)28-26(29-30)20-31(23-12-6-3-7-13-23,24-14-8-4-9-15-24)25-16-10-5-11-17-25/h3-19H,20H2,1-2H3/q+1. The summed E-state index contributed by atoms with van der Waals surface area (Å²) in [4.78, 5) is 5.01. The Morgan fingerprint density at radius 3 is 1.58 bits per heavy atom. The molecule has 0 atom stereocenters. The second-order valence-corrected chi connectivity index (χ2v) is 11.4. The highest BCUT2D eigenvalue weighted by molar-refractivity contribution is 7.95. The van der Waals surface area contributed by atoms with Gasteiger partial charge in [-0.05, 0) is 61.9 Å². The molecule has 4 heteroatoms. The zero-order chi connectivity index (χ0) is 21.3. The molecular weight excluding hydrogens is 397 g/mol. The number of pyridine rings is 1. The lowest BCUT2D eigenvalue weighted by Crippen LogP contribution is -2.32. The highest BCUT2D eigenvalue weighted by Gasteiger charge is 2.46. The fraction of sp³-hybridized carbons (Fsp3) is 0.111. The largest absolute Gasteiger partial charge is 0.218 e. The first-order valence-corrected chi connectivity index (χ1v) is 12.5. The maximum absolute atomic E-state index is 5.01. The zero-order valence-corrected chi connectivity index (χ0v) is 18.7. The Morgan fingerprint density at radius 2 is 1.13 bits per heavy atom. The molecule has 0 fully saturated rings. The highest BCUT2D eigenvalue weighted by Crippen LogP contribution is 2.57. The van der Waals surface area contributed by atoms with Crippen molar-refractivity contribution in [2.45, 2.75) is 20.0 Å². The van der Waals surface area contributed by atoms with Crippen molar-refractivity contribution in [1.82, 2.24) is 14.6 Å². The summed E-state index contributed by atoms with van der Waals surface area (Å²) in [7, 11) is -2.00. The minimum absolute atomic E-state index is 0.783. The molecule has 5 aromatic rings. The summed E-state index contributed by atoms with van der Waals surface area (Å²) in [6.07, 6.45) is 0.783. The molecule has 0 radical (unpaired) electrons. The molecule has 0 aliphatic heterocycles. The van der Waals surface area contributed by atoms with Crippen LogP contribution in [0.5, 0.6) is 0 Å². The SMILES string of the molecule is Cc1ccc(C)n2nc(C[P+](c3ccccc3)(c3ccccc3)c3ccccc3)nc12. The van der Waals surface area contributed by atoms with E-state index in [1.54, 1.807) is 0 Å². The molecule has 2 heterocycles. The van der Waals surface area contributed by atoms with E-state index in [0.717, 1.165) is 28.9 Å². The lowest BCUT2D eigenvalue weighted by molar-refractivity contribution is 0.883. The molecule has 0 saturated heterocycles. The monoisotopic (exact) mass is 422 g/mol. The van der Waals surface area contributed by atoms with Gasteiger partial charge in [0, 0.05) is 5.69 Å². The Morgan fingerprint density at radius 1 is 0.645 bits per heavy atom. The fourth-order valence-corrected chi connectivity index (χ4v) is 8.34. The number of hydrogen-bond donors (Lipinski definition) is 0. The van der Waals surface area contributed by atoms with Crippen LogP contribution in [0.15, 0.2) is 103 Å². The van der Waals surface area contributed by atoms with Crippen LogP contribution >= 0.6 is 7.26 Å². The molecule has 3 nitrogen and oxygen atoms in total. The van der Waals surface area contributed by atoms with E-state index < -0.39 is 7.26 Å². The molecule has 5 rings (SSSR count). The lowest BCUT2D eigenvalue weighted by atomic mass is 10.3. The van der Waals surface area contributed by atoms with E-state index in [0.29, 0.717) is 0 Å². The summed E-state index contributed by atoms with van der Waals surface area (Å²) in [5, 5.41) is 9.01. The Bertz CT molecular complexity index is 1180. The van der Waals surface area contributed by atoms with Crippen LogP contribution in [0.25, 0.3) is 5.65 Å². The number of aromatic nitrogens is 3. The highest BCUT2D eigenvalue weighted by atomic mass is 31.2. The maximum atomic E-state index is 5.01. The second kappa shape index (κ2) is 8.09. The third kappa shape index (κ3) is 3.45. The summed E-state index contributed by atoms with van der Waals surface area (Å²) in [5.74, 6) is 0.891. The normalized spacial score (nSPS) is 11.7. The first-order valence-electron chi connectivity index (χ1n) is 10.6. The van der Waals surface area contributed by atoms with Gasteiger partial charge in [0.15, 0.2) is 11.5 Å². The van der Waals surface area contributed by atoms with Crippen molar-refractivity contribution in [2.75, 3.05) is 0 Å². The van der Waals surface area contributed by atoms with Gasteiger partial charge in [-0.3, -0.25) is 0 Å². The number of benzene rings is 3. The first-order chi connectivity index (χ1) is 15.2. The summed E-state index contributed by atoms with van der Waals surface area (Å²) >= 11 is 0. The van der Waals surface area contributed by atoms with E-state index in [1.807, 2.05) is 4.52 Å². The third-order valence-electron chi connectivity index (χ3n) is 5.88. The van der Waals surface area contributed by atoms with E-state index in [2.05, 4.69) is 117 Å². The molecule has 0 saturated carbocycles. The lowest BCUT2D eigenvalue weighted by Gasteiger charge is -2.26. The van der Waals surface area contributed by atoms with Crippen molar-refractivity contribution < 1.29 is 0 Å². The Hall–Kier alpha value is -3.29. The average molecular weight is 422 g/mol. The van der Waals surface area contributed by atoms with Gasteiger partial charge in [0.05, 0.1) is 0 Å². The molecule has 0 aliphatic carbocycles. The van der Waals surface area contributed by atoms with E-state index in [9.17, 15) is 0 Å². The minimum Gasteiger partial charge on any atom is -0.218 e. The van der Waals surface area contributed by atoms with Gasteiger partial charge >= 0.3 is 0 Å². The fourth-order valence-electron chi connectivity index (χ4n) is 4.29. The smallest absolute Gasteiger partial charge is 0.190 e. The van der Waals surface area contributed by atoms with Crippen LogP contribution in [-0.2, 0) is 6.16 Å². The molecule has 0 aliphatic rings. The van der Waals surface area contributed by atoms with Gasteiger partial charge < -0.3 is 0 Å². The van der Waals surface area contributed by atoms with Gasteiger partial charge in [0.25, 0.3) is 0 Å². The second-order valence-electron chi connectivity index (χ2n) is 7.90. The van der Waals surface area contributed by atoms with Crippen LogP contribution in [0.4, 0.5) is 0 Å². The van der Waals surface area contributed by atoms with Gasteiger partial charge in [-0.1, -0.05) is 60.7 Å². The summed E-state index contributed by atoms with van der Waals surface area (Å²) in [6.45, 7) is 4.18. The molecule has 0 N–H and O–H groups in total. The van der Waals surface area contributed by atoms with Crippen molar-refractivity contribution in [1.29, 1.82) is 0 Å². The topological polar surface area (TPSA) is 30.2 Å². The van der Waals surface area contributed by atoms with Crippen LogP contribution in [0.2, 0.25) is 0 Å². The van der Waals surface area contributed by atoms with E-state index in [1.165, 1.54) is 15.9 Å². The van der Waals surface area contributed by atoms with E-state index in [4.69, 9.17) is 10.1 Å². The van der Waals surface area contributed by atoms with Gasteiger partial charge in [0.1, 0.15) is 29.3 Å². The molecule has 0 spiro atoms. The van der Waals surface area contributed by atoms with Crippen molar-refractivity contribution in [3.05, 3.63) is 120 Å². The van der Waals surface area contributed by atoms with Crippen molar-refractivity contribution >= 4 is 28.8 Å². The van der Waals surface area contributed by atoms with Crippen LogP contribution in [-0.4, -0.2) is 14.6 Å². The number of fused-ring (bicyclic) bond motifs is 1. The quantitative estimate of drug-likeness (QED) is 0.380. The van der Waals surface area contributed by atoms with Gasteiger partial charge in [-0.2, -0.15) is 0 Å². The van der Waals surface area contributed by atoms with E-state index >= 15 is 0 Å². The Balaban J connectivity index is 1.78. The van der Waals surface area contributed by atoms with E-state index in [-0.39, 0.29) is 0 Å².